The van der Waals surface area contributed by atoms with Crippen molar-refractivity contribution in [3.8, 4) is 0 Å². The van der Waals surface area contributed by atoms with Crippen molar-refractivity contribution in [3.63, 3.8) is 0 Å². The fourth-order valence-electron chi connectivity index (χ4n) is 3.09. The Morgan fingerprint density at radius 1 is 1.08 bits per heavy atom. The Morgan fingerprint density at radius 3 is 2.38 bits per heavy atom. The van der Waals surface area contributed by atoms with Gasteiger partial charge in [0.1, 0.15) is 5.82 Å². The van der Waals surface area contributed by atoms with E-state index in [1.54, 1.807) is 11.1 Å². The number of nitrogens with one attached hydrogen (secondary N) is 1. The zero-order valence-electron chi connectivity index (χ0n) is 15.4. The summed E-state index contributed by atoms with van der Waals surface area (Å²) in [5, 5.41) is 3.34. The van der Waals surface area contributed by atoms with Gasteiger partial charge in [0.15, 0.2) is 0 Å². The number of aromatic nitrogens is 2. The van der Waals surface area contributed by atoms with Crippen LogP contribution >= 0.6 is 0 Å². The number of benzene rings is 1. The van der Waals surface area contributed by atoms with Crippen LogP contribution in [0.5, 0.6) is 0 Å². The van der Waals surface area contributed by atoms with Crippen LogP contribution in [0.4, 0.5) is 23.1 Å². The van der Waals surface area contributed by atoms with Crippen LogP contribution in [0.1, 0.15) is 13.8 Å². The Morgan fingerprint density at radius 2 is 1.77 bits per heavy atom. The molecule has 2 aromatic rings. The van der Waals surface area contributed by atoms with Gasteiger partial charge in [-0.3, -0.25) is 4.79 Å². The van der Waals surface area contributed by atoms with Gasteiger partial charge in [-0.15, -0.1) is 0 Å². The number of hydrogen-bond donors (Lipinski definition) is 1. The summed E-state index contributed by atoms with van der Waals surface area (Å²) in [5.41, 5.74) is 2.22. The number of hydrogen-bond acceptors (Lipinski definition) is 6. The number of piperazine rings is 1. The van der Waals surface area contributed by atoms with Crippen molar-refractivity contribution in [1.82, 2.24) is 14.9 Å². The van der Waals surface area contributed by atoms with Crippen LogP contribution in [0.15, 0.2) is 36.5 Å². The van der Waals surface area contributed by atoms with Crippen LogP contribution in [-0.4, -0.2) is 60.5 Å². The van der Waals surface area contributed by atoms with Crippen LogP contribution in [0.25, 0.3) is 0 Å². The first-order chi connectivity index (χ1) is 12.7. The van der Waals surface area contributed by atoms with E-state index in [0.29, 0.717) is 19.0 Å². The maximum Gasteiger partial charge on any atom is 0.227 e. The summed E-state index contributed by atoms with van der Waals surface area (Å²) < 4.78 is 0. The molecule has 1 amide bonds. The topological polar surface area (TPSA) is 64.6 Å². The molecule has 1 aromatic carbocycles. The molecule has 1 fully saturated rings. The number of amides is 1. The second-order valence-electron chi connectivity index (χ2n) is 6.21. The quantitative estimate of drug-likeness (QED) is 0.770. The summed E-state index contributed by atoms with van der Waals surface area (Å²) in [6.07, 6.45) is 2.67. The molecule has 0 radical (unpaired) electrons. The zero-order valence-corrected chi connectivity index (χ0v) is 15.4. The lowest BCUT2D eigenvalue weighted by molar-refractivity contribution is -0.118. The molecular weight excluding hydrogens is 328 g/mol. The lowest BCUT2D eigenvalue weighted by Crippen LogP contribution is -2.46. The van der Waals surface area contributed by atoms with Crippen molar-refractivity contribution >= 4 is 29.6 Å². The van der Waals surface area contributed by atoms with E-state index >= 15 is 0 Å². The van der Waals surface area contributed by atoms with Crippen molar-refractivity contribution in [2.24, 2.45) is 0 Å². The summed E-state index contributed by atoms with van der Waals surface area (Å²) in [4.78, 5) is 26.0. The minimum atomic E-state index is 0.695. The van der Waals surface area contributed by atoms with Gasteiger partial charge in [-0.05, 0) is 44.2 Å². The lowest BCUT2D eigenvalue weighted by Gasteiger charge is -2.32. The van der Waals surface area contributed by atoms with Gasteiger partial charge >= 0.3 is 0 Å². The predicted octanol–water partition coefficient (Wildman–Crippen LogP) is 2.34. The highest BCUT2D eigenvalue weighted by molar-refractivity contribution is 5.61. The van der Waals surface area contributed by atoms with Crippen molar-refractivity contribution in [3.05, 3.63) is 36.5 Å². The van der Waals surface area contributed by atoms with Crippen molar-refractivity contribution in [2.45, 2.75) is 13.8 Å². The Bertz CT molecular complexity index is 708. The molecule has 2 heterocycles. The lowest BCUT2D eigenvalue weighted by atomic mass is 10.2. The minimum Gasteiger partial charge on any atom is -0.372 e. The molecule has 0 bridgehead atoms. The highest BCUT2D eigenvalue weighted by atomic mass is 16.1. The van der Waals surface area contributed by atoms with E-state index in [1.165, 1.54) is 5.69 Å². The van der Waals surface area contributed by atoms with Crippen molar-refractivity contribution < 1.29 is 4.79 Å². The van der Waals surface area contributed by atoms with Crippen LogP contribution in [-0.2, 0) is 4.79 Å². The third-order valence-corrected chi connectivity index (χ3v) is 4.66. The summed E-state index contributed by atoms with van der Waals surface area (Å²) >= 11 is 0. The first kappa shape index (κ1) is 18.0. The molecule has 138 valence electrons. The first-order valence-electron chi connectivity index (χ1n) is 9.13. The Labute approximate surface area is 154 Å². The molecule has 3 rings (SSSR count). The maximum atomic E-state index is 10.8. The van der Waals surface area contributed by atoms with E-state index < -0.39 is 0 Å². The smallest absolute Gasteiger partial charge is 0.227 e. The molecule has 0 spiro atoms. The third kappa shape index (κ3) is 4.22. The average molecular weight is 354 g/mol. The van der Waals surface area contributed by atoms with E-state index in [-0.39, 0.29) is 0 Å². The minimum absolute atomic E-state index is 0.695. The molecule has 1 aliphatic heterocycles. The number of carbonyl (C=O) groups is 1. The number of rotatable bonds is 7. The maximum absolute atomic E-state index is 10.8. The van der Waals surface area contributed by atoms with E-state index in [1.807, 2.05) is 6.07 Å². The van der Waals surface area contributed by atoms with Crippen LogP contribution in [0.3, 0.4) is 0 Å². The van der Waals surface area contributed by atoms with E-state index in [4.69, 9.17) is 0 Å². The normalized spacial score (nSPS) is 14.2. The van der Waals surface area contributed by atoms with Crippen LogP contribution in [0, 0.1) is 0 Å². The fraction of sp³-hybridized carbons (Fsp3) is 0.421. The van der Waals surface area contributed by atoms with Crippen molar-refractivity contribution in [2.75, 3.05) is 54.4 Å². The van der Waals surface area contributed by atoms with Crippen molar-refractivity contribution in [1.29, 1.82) is 0 Å². The fourth-order valence-corrected chi connectivity index (χ4v) is 3.09. The standard InChI is InChI=1S/C19H26N6O/c1-3-24(4-2)17-7-5-16(6-8-17)21-18-9-10-20-19(22-18)25-13-11-23(15-26)12-14-25/h5-10,15H,3-4,11-14H2,1-2H3,(H,20,21,22). The molecule has 1 aromatic heterocycles. The number of anilines is 4. The zero-order chi connectivity index (χ0) is 18.4. The highest BCUT2D eigenvalue weighted by Gasteiger charge is 2.17. The van der Waals surface area contributed by atoms with Gasteiger partial charge in [0, 0.05) is 56.8 Å². The van der Waals surface area contributed by atoms with Gasteiger partial charge in [0.25, 0.3) is 0 Å². The molecule has 7 heteroatoms. The van der Waals surface area contributed by atoms with Crippen LogP contribution < -0.4 is 15.1 Å². The van der Waals surface area contributed by atoms with Gasteiger partial charge < -0.3 is 20.0 Å². The van der Waals surface area contributed by atoms with Gasteiger partial charge in [-0.2, -0.15) is 4.98 Å². The average Bonchev–Trinajstić information content (AvgIpc) is 2.70. The molecule has 1 N–H and O–H groups in total. The van der Waals surface area contributed by atoms with Gasteiger partial charge in [0.2, 0.25) is 12.4 Å². The largest absolute Gasteiger partial charge is 0.372 e. The summed E-state index contributed by atoms with van der Waals surface area (Å²) in [7, 11) is 0. The number of carbonyl (C=O) groups excluding carboxylic acids is 1. The summed E-state index contributed by atoms with van der Waals surface area (Å²) in [5.74, 6) is 1.46. The second-order valence-corrected chi connectivity index (χ2v) is 6.21. The molecule has 1 saturated heterocycles. The Hall–Kier alpha value is -2.83. The summed E-state index contributed by atoms with van der Waals surface area (Å²) in [6.45, 7) is 9.22. The monoisotopic (exact) mass is 354 g/mol. The van der Waals surface area contributed by atoms with E-state index in [2.05, 4.69) is 63.2 Å². The predicted molar refractivity (Wildman–Crippen MR) is 105 cm³/mol. The van der Waals surface area contributed by atoms with E-state index in [0.717, 1.165) is 44.1 Å². The van der Waals surface area contributed by atoms with Gasteiger partial charge in [0.05, 0.1) is 0 Å². The molecule has 1 aliphatic rings. The summed E-state index contributed by atoms with van der Waals surface area (Å²) in [6, 6.07) is 10.2. The van der Waals surface area contributed by atoms with Gasteiger partial charge in [-0.1, -0.05) is 0 Å². The molecule has 7 nitrogen and oxygen atoms in total. The number of nitrogens with zero attached hydrogens (tertiary/aromatic N) is 5. The highest BCUT2D eigenvalue weighted by Crippen LogP contribution is 2.21. The molecule has 0 unspecified atom stereocenters. The van der Waals surface area contributed by atoms with E-state index in [9.17, 15) is 4.79 Å². The first-order valence-corrected chi connectivity index (χ1v) is 9.13. The third-order valence-electron chi connectivity index (χ3n) is 4.66. The SMILES string of the molecule is CCN(CC)c1ccc(Nc2ccnc(N3CCN(C=O)CC3)n2)cc1. The molecule has 26 heavy (non-hydrogen) atoms. The second kappa shape index (κ2) is 8.51. The van der Waals surface area contributed by atoms with Crippen LogP contribution in [0.2, 0.25) is 0 Å². The Balaban J connectivity index is 1.66. The molecular formula is C19H26N6O. The molecule has 0 atom stereocenters. The molecule has 0 aliphatic carbocycles. The van der Waals surface area contributed by atoms with Gasteiger partial charge in [-0.25, -0.2) is 4.98 Å². The molecule has 0 saturated carbocycles. The Kier molecular flexibility index (Phi) is 5.88.